The third-order valence-corrected chi connectivity index (χ3v) is 6.83. The smallest absolute Gasteiger partial charge is 0.222 e. The lowest BCUT2D eigenvalue weighted by molar-refractivity contribution is -0.134. The van der Waals surface area contributed by atoms with Crippen LogP contribution < -0.4 is 0 Å². The molecular weight excluding hydrogens is 400 g/mol. The van der Waals surface area contributed by atoms with Crippen molar-refractivity contribution in [1.29, 1.82) is 0 Å². The Labute approximate surface area is 188 Å². The van der Waals surface area contributed by atoms with Gasteiger partial charge >= 0.3 is 0 Å². The van der Waals surface area contributed by atoms with E-state index in [0.717, 1.165) is 49.2 Å². The number of carbonyl (C=O) groups is 2. The molecule has 3 aromatic rings. The Balaban J connectivity index is 1.11. The van der Waals surface area contributed by atoms with Gasteiger partial charge in [0.25, 0.3) is 0 Å². The lowest BCUT2D eigenvalue weighted by Crippen LogP contribution is -2.39. The zero-order valence-electron chi connectivity index (χ0n) is 18.4. The monoisotopic (exact) mass is 430 g/mol. The molecule has 1 N–H and O–H groups in total. The van der Waals surface area contributed by atoms with E-state index in [0.29, 0.717) is 32.4 Å². The van der Waals surface area contributed by atoms with Gasteiger partial charge in [0.05, 0.1) is 11.0 Å². The van der Waals surface area contributed by atoms with Crippen molar-refractivity contribution in [3.05, 3.63) is 65.5 Å². The van der Waals surface area contributed by atoms with E-state index >= 15 is 0 Å². The Kier molecular flexibility index (Phi) is 5.93. The molecule has 0 aliphatic carbocycles. The minimum absolute atomic E-state index is 0.155. The van der Waals surface area contributed by atoms with Crippen molar-refractivity contribution in [2.75, 3.05) is 19.6 Å². The number of hydrogen-bond donors (Lipinski definition) is 1. The first-order valence-corrected chi connectivity index (χ1v) is 11.7. The van der Waals surface area contributed by atoms with Gasteiger partial charge in [-0.15, -0.1) is 0 Å². The van der Waals surface area contributed by atoms with Crippen LogP contribution in [0.1, 0.15) is 55.0 Å². The molecule has 32 heavy (non-hydrogen) atoms. The number of amides is 2. The summed E-state index contributed by atoms with van der Waals surface area (Å²) in [6.45, 7) is 2.96. The molecule has 1 unspecified atom stereocenters. The summed E-state index contributed by atoms with van der Waals surface area (Å²) in [7, 11) is 0. The molecule has 1 saturated heterocycles. The highest BCUT2D eigenvalue weighted by Gasteiger charge is 2.27. The molecule has 2 aliphatic rings. The van der Waals surface area contributed by atoms with Crippen molar-refractivity contribution >= 4 is 22.8 Å². The molecule has 0 saturated carbocycles. The zero-order valence-corrected chi connectivity index (χ0v) is 18.4. The number of piperidine rings is 1. The van der Waals surface area contributed by atoms with Crippen molar-refractivity contribution in [1.82, 2.24) is 19.8 Å². The van der Waals surface area contributed by atoms with Crippen LogP contribution in [0.25, 0.3) is 11.0 Å². The van der Waals surface area contributed by atoms with Crippen LogP contribution in [0.5, 0.6) is 0 Å². The second kappa shape index (κ2) is 9.15. The van der Waals surface area contributed by atoms with Crippen molar-refractivity contribution in [3.63, 3.8) is 0 Å². The van der Waals surface area contributed by atoms with Crippen LogP contribution >= 0.6 is 0 Å². The van der Waals surface area contributed by atoms with Gasteiger partial charge in [0.1, 0.15) is 5.82 Å². The van der Waals surface area contributed by atoms with E-state index in [1.165, 1.54) is 11.1 Å². The Morgan fingerprint density at radius 2 is 1.69 bits per heavy atom. The van der Waals surface area contributed by atoms with Crippen LogP contribution in [0.3, 0.4) is 0 Å². The summed E-state index contributed by atoms with van der Waals surface area (Å²) in [5.41, 5.74) is 4.61. The Bertz CT molecular complexity index is 1090. The summed E-state index contributed by atoms with van der Waals surface area (Å²) >= 11 is 0. The predicted molar refractivity (Wildman–Crippen MR) is 124 cm³/mol. The Morgan fingerprint density at radius 3 is 2.53 bits per heavy atom. The van der Waals surface area contributed by atoms with Gasteiger partial charge in [-0.2, -0.15) is 0 Å². The maximum Gasteiger partial charge on any atom is 0.222 e. The molecule has 2 aliphatic heterocycles. The number of aromatic amines is 1. The third-order valence-electron chi connectivity index (χ3n) is 6.83. The topological polar surface area (TPSA) is 69.3 Å². The molecule has 0 bridgehead atoms. The van der Waals surface area contributed by atoms with Crippen LogP contribution in [0.15, 0.2) is 48.5 Å². The predicted octanol–water partition coefficient (Wildman–Crippen LogP) is 4.02. The number of carbonyl (C=O) groups excluding carboxylic acids is 2. The lowest BCUT2D eigenvalue weighted by atomic mass is 9.97. The van der Waals surface area contributed by atoms with E-state index in [-0.39, 0.29) is 17.7 Å². The number of nitrogens with one attached hydrogen (secondary N) is 1. The van der Waals surface area contributed by atoms with Gasteiger partial charge < -0.3 is 14.8 Å². The summed E-state index contributed by atoms with van der Waals surface area (Å²) in [5.74, 6) is 1.54. The molecule has 3 heterocycles. The highest BCUT2D eigenvalue weighted by Crippen LogP contribution is 2.27. The summed E-state index contributed by atoms with van der Waals surface area (Å²) in [6, 6.07) is 16.4. The van der Waals surface area contributed by atoms with Crippen LogP contribution in [0, 0.1) is 0 Å². The van der Waals surface area contributed by atoms with Crippen LogP contribution in [0.4, 0.5) is 0 Å². The minimum atomic E-state index is 0.155. The minimum Gasteiger partial charge on any atom is -0.342 e. The van der Waals surface area contributed by atoms with Crippen LogP contribution in [-0.4, -0.2) is 51.2 Å². The van der Waals surface area contributed by atoms with Gasteiger partial charge in [0.15, 0.2) is 0 Å². The standard InChI is InChI=1S/C26H30N4O2/c31-24(12-5-13-25(32)30-16-14-19-7-1-2-8-20(19)17-30)29-15-6-9-21(18-29)26-27-22-10-3-4-11-23(22)28-26/h1-4,7-8,10-11,21H,5-6,9,12-18H2,(H,27,28). The average Bonchev–Trinajstić information content (AvgIpc) is 3.28. The first-order valence-electron chi connectivity index (χ1n) is 11.7. The number of imidazole rings is 1. The molecule has 2 amide bonds. The molecule has 2 aromatic carbocycles. The number of aromatic nitrogens is 2. The first-order chi connectivity index (χ1) is 15.7. The fraction of sp³-hybridized carbons (Fsp3) is 0.423. The van der Waals surface area contributed by atoms with E-state index in [1.807, 2.05) is 40.1 Å². The highest BCUT2D eigenvalue weighted by atomic mass is 16.2. The highest BCUT2D eigenvalue weighted by molar-refractivity contribution is 5.79. The maximum atomic E-state index is 12.8. The molecule has 0 radical (unpaired) electrons. The Hall–Kier alpha value is -3.15. The fourth-order valence-corrected chi connectivity index (χ4v) is 5.01. The molecule has 1 aromatic heterocycles. The second-order valence-corrected chi connectivity index (χ2v) is 9.01. The molecule has 6 nitrogen and oxygen atoms in total. The summed E-state index contributed by atoms with van der Waals surface area (Å²) < 4.78 is 0. The number of H-pyrrole nitrogens is 1. The zero-order chi connectivity index (χ0) is 21.9. The van der Waals surface area contributed by atoms with Gasteiger partial charge in [-0.1, -0.05) is 36.4 Å². The molecule has 166 valence electrons. The number of fused-ring (bicyclic) bond motifs is 2. The van der Waals surface area contributed by atoms with Crippen molar-refractivity contribution < 1.29 is 9.59 Å². The van der Waals surface area contributed by atoms with Gasteiger partial charge in [0, 0.05) is 44.9 Å². The van der Waals surface area contributed by atoms with Gasteiger partial charge in [-0.3, -0.25) is 9.59 Å². The third kappa shape index (κ3) is 4.40. The van der Waals surface area contributed by atoms with Crippen molar-refractivity contribution in [2.24, 2.45) is 0 Å². The van der Waals surface area contributed by atoms with Gasteiger partial charge in [0.2, 0.25) is 11.8 Å². The normalized spacial score (nSPS) is 18.6. The molecule has 1 fully saturated rings. The van der Waals surface area contributed by atoms with Crippen LogP contribution in [0.2, 0.25) is 0 Å². The molecule has 5 rings (SSSR count). The average molecular weight is 431 g/mol. The summed E-state index contributed by atoms with van der Waals surface area (Å²) in [6.07, 6.45) is 4.43. The summed E-state index contributed by atoms with van der Waals surface area (Å²) in [4.78, 5) is 37.6. The van der Waals surface area contributed by atoms with Gasteiger partial charge in [-0.25, -0.2) is 4.98 Å². The first kappa shape index (κ1) is 20.7. The molecule has 1 atom stereocenters. The maximum absolute atomic E-state index is 12.8. The number of hydrogen-bond acceptors (Lipinski definition) is 3. The van der Waals surface area contributed by atoms with E-state index in [9.17, 15) is 9.59 Å². The van der Waals surface area contributed by atoms with Crippen molar-refractivity contribution in [2.45, 2.75) is 51.0 Å². The van der Waals surface area contributed by atoms with E-state index in [1.54, 1.807) is 0 Å². The SMILES string of the molecule is O=C(CCCC(=O)N1CCCC(c2nc3ccccc3[nH]2)C1)N1CCc2ccccc2C1. The van der Waals surface area contributed by atoms with E-state index < -0.39 is 0 Å². The lowest BCUT2D eigenvalue weighted by Gasteiger charge is -2.32. The number of benzene rings is 2. The number of likely N-dealkylation sites (tertiary alicyclic amines) is 1. The number of nitrogens with zero attached hydrogens (tertiary/aromatic N) is 3. The van der Waals surface area contributed by atoms with E-state index in [4.69, 9.17) is 4.98 Å². The molecule has 6 heteroatoms. The number of rotatable bonds is 5. The fourth-order valence-electron chi connectivity index (χ4n) is 5.01. The van der Waals surface area contributed by atoms with E-state index in [2.05, 4.69) is 23.2 Å². The largest absolute Gasteiger partial charge is 0.342 e. The molecular formula is C26H30N4O2. The van der Waals surface area contributed by atoms with Crippen LogP contribution in [-0.2, 0) is 22.6 Å². The summed E-state index contributed by atoms with van der Waals surface area (Å²) in [5, 5.41) is 0. The quantitative estimate of drug-likeness (QED) is 0.665. The Morgan fingerprint density at radius 1 is 0.938 bits per heavy atom. The molecule has 0 spiro atoms. The number of para-hydroxylation sites is 2. The van der Waals surface area contributed by atoms with Gasteiger partial charge in [-0.05, 0) is 48.9 Å². The second-order valence-electron chi connectivity index (χ2n) is 9.01. The van der Waals surface area contributed by atoms with Crippen molar-refractivity contribution in [3.8, 4) is 0 Å².